The minimum absolute atomic E-state index is 0.209. The van der Waals surface area contributed by atoms with Crippen molar-refractivity contribution in [3.8, 4) is 0 Å². The van der Waals surface area contributed by atoms with Crippen LogP contribution in [0.3, 0.4) is 0 Å². The number of likely N-dealkylation sites (tertiary alicyclic amines) is 1. The number of halogens is 1. The third kappa shape index (κ3) is 4.47. The molecule has 0 atom stereocenters. The molecule has 1 amide bonds. The Kier molecular flexibility index (Phi) is 6.45. The molecule has 0 bridgehead atoms. The van der Waals surface area contributed by atoms with E-state index in [1.165, 1.54) is 0 Å². The molecular formula is C24H28FN5O2S. The van der Waals surface area contributed by atoms with Crippen molar-refractivity contribution in [1.82, 2.24) is 24.8 Å². The van der Waals surface area contributed by atoms with Crippen LogP contribution in [0, 0.1) is 11.6 Å². The average Bonchev–Trinajstić information content (AvgIpc) is 2.80. The molecule has 0 aliphatic carbocycles. The summed E-state index contributed by atoms with van der Waals surface area (Å²) in [6.07, 6.45) is 0.706. The van der Waals surface area contributed by atoms with Gasteiger partial charge in [0.2, 0.25) is 0 Å². The van der Waals surface area contributed by atoms with Crippen molar-refractivity contribution in [2.24, 2.45) is 0 Å². The van der Waals surface area contributed by atoms with Crippen molar-refractivity contribution >= 4 is 29.0 Å². The lowest BCUT2D eigenvalue weighted by Gasteiger charge is -2.37. The predicted molar refractivity (Wildman–Crippen MR) is 129 cm³/mol. The molecule has 0 saturated carbocycles. The Labute approximate surface area is 196 Å². The largest absolute Gasteiger partial charge is 0.354 e. The van der Waals surface area contributed by atoms with Crippen LogP contribution in [0.4, 0.5) is 4.39 Å². The molecule has 33 heavy (non-hydrogen) atoms. The van der Waals surface area contributed by atoms with Crippen LogP contribution in [0.1, 0.15) is 47.1 Å². The number of pyridine rings is 1. The summed E-state index contributed by atoms with van der Waals surface area (Å²) in [6.45, 7) is 6.02. The summed E-state index contributed by atoms with van der Waals surface area (Å²) in [5.41, 5.74) is 1.49. The van der Waals surface area contributed by atoms with Gasteiger partial charge in [-0.25, -0.2) is 14.2 Å². The zero-order valence-corrected chi connectivity index (χ0v) is 19.9. The molecule has 4 rings (SSSR count). The SMILES string of the molecule is CCn1c(=O)[nH]c2cc(CN3CCC(F)(c4ccc(C(=O)NC)nc4C)CC3)ccc2c1=S. The highest BCUT2D eigenvalue weighted by atomic mass is 32.1. The maximum absolute atomic E-state index is 15.8. The van der Waals surface area contributed by atoms with Crippen molar-refractivity contribution in [3.05, 3.63) is 68.0 Å². The third-order valence-corrected chi connectivity index (χ3v) is 6.89. The number of carbonyl (C=O) groups excluding carboxylic acids is 1. The second-order valence-electron chi connectivity index (χ2n) is 8.51. The number of piperidine rings is 1. The normalized spacial score (nSPS) is 16.1. The maximum atomic E-state index is 15.8. The van der Waals surface area contributed by atoms with Crippen LogP contribution in [0.2, 0.25) is 0 Å². The van der Waals surface area contributed by atoms with Gasteiger partial charge in [0, 0.05) is 49.9 Å². The summed E-state index contributed by atoms with van der Waals surface area (Å²) >= 11 is 5.46. The quantitative estimate of drug-likeness (QED) is 0.558. The molecule has 7 nitrogen and oxygen atoms in total. The van der Waals surface area contributed by atoms with E-state index in [9.17, 15) is 9.59 Å². The van der Waals surface area contributed by atoms with Crippen molar-refractivity contribution < 1.29 is 9.18 Å². The number of aromatic nitrogens is 3. The number of nitrogens with zero attached hydrogens (tertiary/aromatic N) is 3. The molecule has 3 heterocycles. The molecule has 174 valence electrons. The van der Waals surface area contributed by atoms with Crippen LogP contribution in [0.25, 0.3) is 10.9 Å². The Morgan fingerprint density at radius 1 is 1.27 bits per heavy atom. The average molecular weight is 470 g/mol. The van der Waals surface area contributed by atoms with Crippen LogP contribution in [0.15, 0.2) is 35.1 Å². The fraction of sp³-hybridized carbons (Fsp3) is 0.417. The van der Waals surface area contributed by atoms with Crippen molar-refractivity contribution in [2.45, 2.75) is 45.4 Å². The Morgan fingerprint density at radius 2 is 2.00 bits per heavy atom. The lowest BCUT2D eigenvalue weighted by molar-refractivity contribution is 0.0517. The number of fused-ring (bicyclic) bond motifs is 1. The number of rotatable bonds is 5. The van der Waals surface area contributed by atoms with Gasteiger partial charge in [0.25, 0.3) is 5.91 Å². The van der Waals surface area contributed by atoms with Crippen molar-refractivity contribution in [1.29, 1.82) is 0 Å². The van der Waals surface area contributed by atoms with Gasteiger partial charge in [-0.1, -0.05) is 24.4 Å². The summed E-state index contributed by atoms with van der Waals surface area (Å²) in [5, 5.41) is 3.39. The van der Waals surface area contributed by atoms with Gasteiger partial charge in [-0.2, -0.15) is 0 Å². The van der Waals surface area contributed by atoms with E-state index < -0.39 is 5.67 Å². The Morgan fingerprint density at radius 3 is 2.64 bits per heavy atom. The monoisotopic (exact) mass is 469 g/mol. The topological polar surface area (TPSA) is 83.0 Å². The van der Waals surface area contributed by atoms with Crippen LogP contribution in [-0.2, 0) is 18.8 Å². The van der Waals surface area contributed by atoms with Gasteiger partial charge in [0.15, 0.2) is 0 Å². The van der Waals surface area contributed by atoms with E-state index in [4.69, 9.17) is 12.2 Å². The number of amides is 1. The Balaban J connectivity index is 1.48. The van der Waals surface area contributed by atoms with Gasteiger partial charge in [-0.3, -0.25) is 14.3 Å². The van der Waals surface area contributed by atoms with Crippen molar-refractivity contribution in [3.63, 3.8) is 0 Å². The molecule has 2 N–H and O–H groups in total. The zero-order chi connectivity index (χ0) is 23.8. The number of benzene rings is 1. The lowest BCUT2D eigenvalue weighted by Crippen LogP contribution is -2.40. The minimum Gasteiger partial charge on any atom is -0.354 e. The third-order valence-electron chi connectivity index (χ3n) is 6.45. The first kappa shape index (κ1) is 23.3. The summed E-state index contributed by atoms with van der Waals surface area (Å²) < 4.78 is 17.9. The smallest absolute Gasteiger partial charge is 0.326 e. The van der Waals surface area contributed by atoms with Crippen LogP contribution in [-0.4, -0.2) is 45.5 Å². The highest BCUT2D eigenvalue weighted by Crippen LogP contribution is 2.38. The molecule has 9 heteroatoms. The number of hydrogen-bond donors (Lipinski definition) is 2. The van der Waals surface area contributed by atoms with Gasteiger partial charge in [0.05, 0.1) is 5.52 Å². The molecule has 1 aliphatic heterocycles. The first-order valence-corrected chi connectivity index (χ1v) is 11.5. The second-order valence-corrected chi connectivity index (χ2v) is 8.90. The second kappa shape index (κ2) is 9.15. The Hall–Kier alpha value is -2.91. The summed E-state index contributed by atoms with van der Waals surface area (Å²) in [6, 6.07) is 9.19. The van der Waals surface area contributed by atoms with E-state index >= 15 is 4.39 Å². The van der Waals surface area contributed by atoms with Crippen molar-refractivity contribution in [2.75, 3.05) is 20.1 Å². The first-order chi connectivity index (χ1) is 15.8. The van der Waals surface area contributed by atoms with Crippen LogP contribution >= 0.6 is 12.2 Å². The molecule has 1 aliphatic rings. The number of hydrogen-bond acceptors (Lipinski definition) is 5. The van der Waals surface area contributed by atoms with E-state index in [-0.39, 0.29) is 11.6 Å². The summed E-state index contributed by atoms with van der Waals surface area (Å²) in [7, 11) is 1.55. The lowest BCUT2D eigenvalue weighted by atomic mass is 9.85. The molecule has 1 saturated heterocycles. The molecule has 1 fully saturated rings. The van der Waals surface area contributed by atoms with Gasteiger partial charge in [-0.05, 0) is 50.5 Å². The molecule has 3 aromatic rings. The molecule has 0 spiro atoms. The number of aromatic amines is 1. The maximum Gasteiger partial charge on any atom is 0.326 e. The molecule has 1 aromatic carbocycles. The first-order valence-electron chi connectivity index (χ1n) is 11.1. The van der Waals surface area contributed by atoms with Crippen LogP contribution < -0.4 is 11.0 Å². The molecule has 0 radical (unpaired) electrons. The summed E-state index contributed by atoms with van der Waals surface area (Å²) in [4.78, 5) is 33.5. The standard InChI is InChI=1S/C24H28FN5O2S/c1-4-30-22(33)17-6-5-16(13-20(17)28-23(30)32)14-29-11-9-24(25,10-12-29)18-7-8-19(21(31)26-3)27-15(18)2/h5-8,13H,4,9-12,14H2,1-3H3,(H,26,31)(H,28,32). The van der Waals surface area contributed by atoms with Gasteiger partial charge in [-0.15, -0.1) is 0 Å². The summed E-state index contributed by atoms with van der Waals surface area (Å²) in [5.74, 6) is -0.281. The van der Waals surface area contributed by atoms with Gasteiger partial charge in [0.1, 0.15) is 16.0 Å². The van der Waals surface area contributed by atoms with E-state index in [2.05, 4.69) is 20.2 Å². The number of nitrogens with one attached hydrogen (secondary N) is 2. The molecular weight excluding hydrogens is 441 g/mol. The molecule has 2 aromatic heterocycles. The van der Waals surface area contributed by atoms with Gasteiger partial charge < -0.3 is 10.3 Å². The zero-order valence-electron chi connectivity index (χ0n) is 19.1. The number of carbonyl (C=O) groups is 1. The number of H-pyrrole nitrogens is 1. The van der Waals surface area contributed by atoms with Crippen LogP contribution in [0.5, 0.6) is 0 Å². The highest BCUT2D eigenvalue weighted by Gasteiger charge is 2.38. The fourth-order valence-electron chi connectivity index (χ4n) is 4.57. The predicted octanol–water partition coefficient (Wildman–Crippen LogP) is 3.60. The van der Waals surface area contributed by atoms with E-state index in [1.54, 1.807) is 30.7 Å². The number of aryl methyl sites for hydroxylation is 1. The number of alkyl halides is 1. The molecule has 0 unspecified atom stereocenters. The fourth-order valence-corrected chi connectivity index (χ4v) is 4.96. The highest BCUT2D eigenvalue weighted by molar-refractivity contribution is 7.71. The van der Waals surface area contributed by atoms with E-state index in [1.807, 2.05) is 25.1 Å². The van der Waals surface area contributed by atoms with E-state index in [0.717, 1.165) is 16.5 Å². The minimum atomic E-state index is -1.46. The van der Waals surface area contributed by atoms with E-state index in [0.29, 0.717) is 60.6 Å². The Bertz CT molecular complexity index is 1320. The van der Waals surface area contributed by atoms with Gasteiger partial charge >= 0.3 is 5.69 Å².